The summed E-state index contributed by atoms with van der Waals surface area (Å²) in [6.45, 7) is 6.64. The molecule has 3 nitrogen and oxygen atoms in total. The van der Waals surface area contributed by atoms with Gasteiger partial charge in [-0.1, -0.05) is 20.3 Å². The third kappa shape index (κ3) is 1.83. The van der Waals surface area contributed by atoms with Crippen molar-refractivity contribution in [3.05, 3.63) is 0 Å². The molecule has 4 saturated carbocycles. The van der Waals surface area contributed by atoms with Crippen LogP contribution in [0, 0.1) is 34.0 Å². The molecule has 2 N–H and O–H groups in total. The molecule has 4 aliphatic rings. The van der Waals surface area contributed by atoms with Gasteiger partial charge in [0.1, 0.15) is 0 Å². The molecule has 130 valence electrons. The Labute approximate surface area is 139 Å². The summed E-state index contributed by atoms with van der Waals surface area (Å²) in [6.07, 6.45) is 9.38. The van der Waals surface area contributed by atoms with Crippen molar-refractivity contribution < 1.29 is 15.0 Å². The third-order valence-corrected chi connectivity index (χ3v) is 9.09. The fourth-order valence-electron chi connectivity index (χ4n) is 8.02. The lowest BCUT2D eigenvalue weighted by atomic mass is 9.41. The molecule has 23 heavy (non-hydrogen) atoms. The maximum absolute atomic E-state index is 12.1. The molecule has 4 fully saturated rings. The topological polar surface area (TPSA) is 57.5 Å². The summed E-state index contributed by atoms with van der Waals surface area (Å²) in [5.41, 5.74) is -0.555. The molecule has 0 radical (unpaired) electrons. The first kappa shape index (κ1) is 15.9. The van der Waals surface area contributed by atoms with Crippen molar-refractivity contribution in [3.8, 4) is 0 Å². The smallest absolute Gasteiger partial charge is 0.309 e. The molecule has 0 aromatic rings. The second-order valence-electron chi connectivity index (χ2n) is 10.0. The Kier molecular flexibility index (Phi) is 3.14. The van der Waals surface area contributed by atoms with Gasteiger partial charge in [-0.05, 0) is 86.9 Å². The molecule has 0 aromatic carbocycles. The predicted octanol–water partition coefficient (Wildman–Crippen LogP) is 4.23. The molecular weight excluding hydrogens is 288 g/mol. The maximum atomic E-state index is 12.1. The first-order valence-electron chi connectivity index (χ1n) is 9.62. The molecule has 0 saturated heterocycles. The van der Waals surface area contributed by atoms with E-state index in [1.807, 2.05) is 6.92 Å². The molecule has 0 heterocycles. The third-order valence-electron chi connectivity index (χ3n) is 9.09. The molecule has 4 rings (SSSR count). The Morgan fingerprint density at radius 2 is 1.74 bits per heavy atom. The Morgan fingerprint density at radius 1 is 1.04 bits per heavy atom. The van der Waals surface area contributed by atoms with E-state index in [0.29, 0.717) is 17.8 Å². The van der Waals surface area contributed by atoms with Crippen LogP contribution in [0.15, 0.2) is 0 Å². The van der Waals surface area contributed by atoms with E-state index < -0.39 is 17.0 Å². The van der Waals surface area contributed by atoms with Gasteiger partial charge >= 0.3 is 5.97 Å². The Bertz CT molecular complexity index is 545. The van der Waals surface area contributed by atoms with Crippen molar-refractivity contribution in [2.24, 2.45) is 34.0 Å². The second kappa shape index (κ2) is 4.53. The fourth-order valence-corrected chi connectivity index (χ4v) is 8.02. The van der Waals surface area contributed by atoms with Crippen molar-refractivity contribution in [1.29, 1.82) is 0 Å². The van der Waals surface area contributed by atoms with Gasteiger partial charge in [-0.3, -0.25) is 4.79 Å². The molecule has 0 aromatic heterocycles. The summed E-state index contributed by atoms with van der Waals surface area (Å²) in [5.74, 6) is 0.732. The summed E-state index contributed by atoms with van der Waals surface area (Å²) in [7, 11) is 0. The summed E-state index contributed by atoms with van der Waals surface area (Å²) in [4.78, 5) is 12.1. The monoisotopic (exact) mass is 320 g/mol. The number of carbonyl (C=O) groups is 1. The first-order valence-corrected chi connectivity index (χ1v) is 9.62. The van der Waals surface area contributed by atoms with Gasteiger partial charge in [0.2, 0.25) is 0 Å². The highest BCUT2D eigenvalue weighted by molar-refractivity contribution is 5.75. The van der Waals surface area contributed by atoms with Crippen LogP contribution in [0.3, 0.4) is 0 Å². The van der Waals surface area contributed by atoms with Gasteiger partial charge in [0, 0.05) is 0 Å². The lowest BCUT2D eigenvalue weighted by Crippen LogP contribution is -2.59. The molecule has 5 unspecified atom stereocenters. The number of hydrogen-bond donors (Lipinski definition) is 2. The van der Waals surface area contributed by atoms with Gasteiger partial charge in [-0.25, -0.2) is 0 Å². The quantitative estimate of drug-likeness (QED) is 0.760. The van der Waals surface area contributed by atoms with Crippen LogP contribution in [0.2, 0.25) is 0 Å². The fraction of sp³-hybridized carbons (Fsp3) is 0.950. The standard InChI is InChI=1S/C20H32O3/c1-13-11-19-9-5-14-17(2,7-4-8-18(14,3)16(21)22)15(19)6-10-20(13,23)12-19/h13-15,23H,4-12H2,1-3H3,(H,21,22)/t13?,14-,15-,17?,18?,19?,20?/m0/s1. The average Bonchev–Trinajstić information content (AvgIpc) is 2.63. The van der Waals surface area contributed by atoms with E-state index in [1.165, 1.54) is 6.42 Å². The van der Waals surface area contributed by atoms with Crippen LogP contribution in [0.4, 0.5) is 0 Å². The van der Waals surface area contributed by atoms with E-state index in [9.17, 15) is 15.0 Å². The molecular formula is C20H32O3. The van der Waals surface area contributed by atoms with Crippen LogP contribution >= 0.6 is 0 Å². The summed E-state index contributed by atoms with van der Waals surface area (Å²) in [6, 6.07) is 0. The van der Waals surface area contributed by atoms with Crippen molar-refractivity contribution in [3.63, 3.8) is 0 Å². The zero-order valence-electron chi connectivity index (χ0n) is 14.9. The molecule has 7 atom stereocenters. The minimum atomic E-state index is -0.587. The summed E-state index contributed by atoms with van der Waals surface area (Å²) >= 11 is 0. The highest BCUT2D eigenvalue weighted by Crippen LogP contribution is 2.72. The molecule has 2 bridgehead atoms. The van der Waals surface area contributed by atoms with Crippen LogP contribution in [-0.4, -0.2) is 21.8 Å². The SMILES string of the molecule is CC1CC23CC[C@@H]4C(C)(C(=O)O)CCCC4(C)[C@@H]2CCC1(O)C3. The number of carboxylic acids is 1. The average molecular weight is 320 g/mol. The predicted molar refractivity (Wildman–Crippen MR) is 88.9 cm³/mol. The number of aliphatic carboxylic acids is 1. The minimum Gasteiger partial charge on any atom is -0.481 e. The van der Waals surface area contributed by atoms with Crippen molar-refractivity contribution in [1.82, 2.24) is 0 Å². The minimum absolute atomic E-state index is 0.148. The van der Waals surface area contributed by atoms with E-state index in [-0.39, 0.29) is 10.8 Å². The second-order valence-corrected chi connectivity index (χ2v) is 10.0. The molecule has 0 amide bonds. The van der Waals surface area contributed by atoms with Crippen LogP contribution in [-0.2, 0) is 4.79 Å². The van der Waals surface area contributed by atoms with Crippen LogP contribution in [0.25, 0.3) is 0 Å². The first-order chi connectivity index (χ1) is 10.7. The molecule has 1 spiro atoms. The highest BCUT2D eigenvalue weighted by Gasteiger charge is 2.68. The van der Waals surface area contributed by atoms with Crippen molar-refractivity contribution in [2.75, 3.05) is 0 Å². The lowest BCUT2D eigenvalue weighted by molar-refractivity contribution is -0.186. The van der Waals surface area contributed by atoms with E-state index in [4.69, 9.17) is 0 Å². The zero-order chi connectivity index (χ0) is 16.7. The van der Waals surface area contributed by atoms with Gasteiger partial charge in [-0.15, -0.1) is 0 Å². The Balaban J connectivity index is 1.74. The lowest BCUT2D eigenvalue weighted by Gasteiger charge is -2.63. The van der Waals surface area contributed by atoms with E-state index in [2.05, 4.69) is 13.8 Å². The molecule has 0 aliphatic heterocycles. The maximum Gasteiger partial charge on any atom is 0.309 e. The van der Waals surface area contributed by atoms with E-state index >= 15 is 0 Å². The van der Waals surface area contributed by atoms with Gasteiger partial charge in [0.05, 0.1) is 11.0 Å². The van der Waals surface area contributed by atoms with Gasteiger partial charge in [0.25, 0.3) is 0 Å². The van der Waals surface area contributed by atoms with Crippen molar-refractivity contribution >= 4 is 5.97 Å². The van der Waals surface area contributed by atoms with Gasteiger partial charge < -0.3 is 10.2 Å². The largest absolute Gasteiger partial charge is 0.481 e. The number of hydrogen-bond acceptors (Lipinski definition) is 2. The Morgan fingerprint density at radius 3 is 2.43 bits per heavy atom. The summed E-state index contributed by atoms with van der Waals surface area (Å²) < 4.78 is 0. The molecule has 4 aliphatic carbocycles. The number of carboxylic acid groups (broad SMARTS) is 1. The number of rotatable bonds is 1. The summed E-state index contributed by atoms with van der Waals surface area (Å²) in [5, 5.41) is 20.9. The molecule has 3 heteroatoms. The Hall–Kier alpha value is -0.570. The van der Waals surface area contributed by atoms with E-state index in [1.54, 1.807) is 0 Å². The normalized spacial score (nSPS) is 58.3. The zero-order valence-corrected chi connectivity index (χ0v) is 14.9. The van der Waals surface area contributed by atoms with Gasteiger partial charge in [-0.2, -0.15) is 0 Å². The number of aliphatic hydroxyl groups is 1. The highest BCUT2D eigenvalue weighted by atomic mass is 16.4. The van der Waals surface area contributed by atoms with Crippen molar-refractivity contribution in [2.45, 2.75) is 84.2 Å². The van der Waals surface area contributed by atoms with Gasteiger partial charge in [0.15, 0.2) is 0 Å². The van der Waals surface area contributed by atoms with Crippen LogP contribution in [0.5, 0.6) is 0 Å². The van der Waals surface area contributed by atoms with Crippen LogP contribution in [0.1, 0.15) is 78.6 Å². The van der Waals surface area contributed by atoms with E-state index in [0.717, 1.165) is 51.4 Å². The number of fused-ring (bicyclic) bond motifs is 3. The van der Waals surface area contributed by atoms with Crippen LogP contribution < -0.4 is 0 Å².